The number of carbonyl (C=O) groups is 1. The molecule has 4 nitrogen and oxygen atoms in total. The van der Waals surface area contributed by atoms with Crippen molar-refractivity contribution in [2.24, 2.45) is 11.7 Å². The second-order valence-corrected chi connectivity index (χ2v) is 5.18. The van der Waals surface area contributed by atoms with Crippen molar-refractivity contribution in [1.82, 2.24) is 9.88 Å². The third-order valence-electron chi connectivity index (χ3n) is 3.62. The van der Waals surface area contributed by atoms with E-state index in [1.165, 1.54) is 6.20 Å². The molecule has 1 aliphatic heterocycles. The first-order valence-electron chi connectivity index (χ1n) is 6.25. The highest BCUT2D eigenvalue weighted by Crippen LogP contribution is 2.26. The number of amides is 1. The first-order valence-corrected chi connectivity index (χ1v) is 6.63. The van der Waals surface area contributed by atoms with Crippen LogP contribution in [0.3, 0.4) is 0 Å². The Kier molecular flexibility index (Phi) is 8.44. The van der Waals surface area contributed by atoms with Crippen LogP contribution in [0.15, 0.2) is 18.5 Å². The van der Waals surface area contributed by atoms with Crippen LogP contribution in [0.2, 0.25) is 5.02 Å². The van der Waals surface area contributed by atoms with Gasteiger partial charge >= 0.3 is 0 Å². The van der Waals surface area contributed by atoms with Gasteiger partial charge in [-0.2, -0.15) is 0 Å². The summed E-state index contributed by atoms with van der Waals surface area (Å²) in [6.45, 7) is 3.39. The number of halogens is 3. The van der Waals surface area contributed by atoms with Crippen LogP contribution in [0.25, 0.3) is 0 Å². The number of likely N-dealkylation sites (tertiary alicyclic amines) is 1. The lowest BCUT2D eigenvalue weighted by atomic mass is 9.90. The van der Waals surface area contributed by atoms with Crippen molar-refractivity contribution in [3.8, 4) is 0 Å². The van der Waals surface area contributed by atoms with Crippen LogP contribution in [-0.4, -0.2) is 34.9 Å². The van der Waals surface area contributed by atoms with Gasteiger partial charge in [0.05, 0.1) is 10.6 Å². The summed E-state index contributed by atoms with van der Waals surface area (Å²) in [5.41, 5.74) is 6.31. The number of hydrogen-bond donors (Lipinski definition) is 1. The molecule has 2 unspecified atom stereocenters. The zero-order chi connectivity index (χ0) is 13.1. The Morgan fingerprint density at radius 3 is 2.85 bits per heavy atom. The number of rotatable bonds is 2. The van der Waals surface area contributed by atoms with E-state index in [1.54, 1.807) is 12.3 Å². The third-order valence-corrected chi connectivity index (χ3v) is 3.92. The Morgan fingerprint density at radius 1 is 1.55 bits per heavy atom. The molecule has 1 saturated heterocycles. The Bertz CT molecular complexity index is 445. The molecular weight excluding hydrogens is 321 g/mol. The number of piperidine rings is 1. The third kappa shape index (κ3) is 3.98. The lowest BCUT2D eigenvalue weighted by molar-refractivity contribution is 0.0532. The molecule has 1 aliphatic rings. The molecule has 2 rings (SSSR count). The van der Waals surface area contributed by atoms with Crippen LogP contribution in [-0.2, 0) is 0 Å². The average Bonchev–Trinajstić information content (AvgIpc) is 2.38. The molecule has 1 aromatic heterocycles. The topological polar surface area (TPSA) is 59.2 Å². The van der Waals surface area contributed by atoms with Gasteiger partial charge in [0.2, 0.25) is 0 Å². The van der Waals surface area contributed by atoms with Crippen molar-refractivity contribution in [1.29, 1.82) is 0 Å². The predicted octanol–water partition coefficient (Wildman–Crippen LogP) is 2.78. The lowest BCUT2D eigenvalue weighted by Crippen LogP contribution is -2.51. The summed E-state index contributed by atoms with van der Waals surface area (Å²) in [5.74, 6) is 0.401. The summed E-state index contributed by atoms with van der Waals surface area (Å²) in [4.78, 5) is 18.2. The average molecular weight is 341 g/mol. The van der Waals surface area contributed by atoms with E-state index >= 15 is 0 Å². The standard InChI is InChI=1S/C13H18ClN3O.2ClH/c1-9-3-2-6-17(12(9)7-15)13(18)10-4-5-16-8-11(10)14;;/h4-5,8-9,12H,2-3,6-7,15H2,1H3;2*1H. The van der Waals surface area contributed by atoms with E-state index in [2.05, 4.69) is 11.9 Å². The first kappa shape index (κ1) is 19.4. The number of nitrogens with two attached hydrogens (primary N) is 1. The fourth-order valence-corrected chi connectivity index (χ4v) is 2.76. The second kappa shape index (κ2) is 8.67. The highest BCUT2D eigenvalue weighted by atomic mass is 35.5. The van der Waals surface area contributed by atoms with Crippen molar-refractivity contribution in [2.45, 2.75) is 25.8 Å². The van der Waals surface area contributed by atoms with Gasteiger partial charge in [-0.1, -0.05) is 18.5 Å². The zero-order valence-corrected chi connectivity index (χ0v) is 13.7. The van der Waals surface area contributed by atoms with E-state index in [4.69, 9.17) is 17.3 Å². The molecule has 0 aliphatic carbocycles. The van der Waals surface area contributed by atoms with Gasteiger partial charge in [-0.25, -0.2) is 0 Å². The van der Waals surface area contributed by atoms with Crippen LogP contribution in [0, 0.1) is 5.92 Å². The lowest BCUT2D eigenvalue weighted by Gasteiger charge is -2.39. The maximum absolute atomic E-state index is 12.5. The Labute approximate surface area is 136 Å². The van der Waals surface area contributed by atoms with E-state index < -0.39 is 0 Å². The molecule has 2 N–H and O–H groups in total. The van der Waals surface area contributed by atoms with Crippen molar-refractivity contribution < 1.29 is 4.79 Å². The number of aromatic nitrogens is 1. The fourth-order valence-electron chi connectivity index (χ4n) is 2.56. The number of carbonyl (C=O) groups excluding carboxylic acids is 1. The normalized spacial score (nSPS) is 21.6. The molecule has 0 saturated carbocycles. The quantitative estimate of drug-likeness (QED) is 0.900. The Morgan fingerprint density at radius 2 is 2.25 bits per heavy atom. The summed E-state index contributed by atoms with van der Waals surface area (Å²) < 4.78 is 0. The molecule has 0 spiro atoms. The van der Waals surface area contributed by atoms with Crippen molar-refractivity contribution in [2.75, 3.05) is 13.1 Å². The smallest absolute Gasteiger partial charge is 0.255 e. The minimum atomic E-state index is -0.0376. The molecule has 0 aromatic carbocycles. The summed E-state index contributed by atoms with van der Waals surface area (Å²) >= 11 is 6.02. The maximum Gasteiger partial charge on any atom is 0.255 e. The minimum Gasteiger partial charge on any atom is -0.334 e. The Balaban J connectivity index is 0.00000180. The van der Waals surface area contributed by atoms with E-state index in [1.807, 2.05) is 4.90 Å². The largest absolute Gasteiger partial charge is 0.334 e. The van der Waals surface area contributed by atoms with Crippen LogP contribution in [0.1, 0.15) is 30.1 Å². The van der Waals surface area contributed by atoms with Crippen molar-refractivity contribution in [3.05, 3.63) is 29.0 Å². The molecule has 2 atom stereocenters. The molecule has 1 fully saturated rings. The van der Waals surface area contributed by atoms with Gasteiger partial charge in [-0.3, -0.25) is 9.78 Å². The second-order valence-electron chi connectivity index (χ2n) is 4.78. The monoisotopic (exact) mass is 339 g/mol. The minimum absolute atomic E-state index is 0. The molecule has 0 bridgehead atoms. The summed E-state index contributed by atoms with van der Waals surface area (Å²) in [6, 6.07) is 1.77. The summed E-state index contributed by atoms with van der Waals surface area (Å²) in [6.07, 6.45) is 5.23. The number of hydrogen-bond acceptors (Lipinski definition) is 3. The van der Waals surface area contributed by atoms with Gasteiger partial charge in [-0.15, -0.1) is 24.8 Å². The molecule has 7 heteroatoms. The summed E-state index contributed by atoms with van der Waals surface area (Å²) in [7, 11) is 0. The summed E-state index contributed by atoms with van der Waals surface area (Å²) in [5, 5.41) is 0.400. The van der Waals surface area contributed by atoms with Crippen LogP contribution >= 0.6 is 36.4 Å². The highest BCUT2D eigenvalue weighted by Gasteiger charge is 2.31. The molecule has 1 amide bonds. The predicted molar refractivity (Wildman–Crippen MR) is 86.0 cm³/mol. The van der Waals surface area contributed by atoms with Gasteiger partial charge in [-0.05, 0) is 24.8 Å². The molecule has 114 valence electrons. The van der Waals surface area contributed by atoms with Gasteiger partial charge in [0, 0.05) is 31.5 Å². The number of nitrogens with zero attached hydrogens (tertiary/aromatic N) is 2. The van der Waals surface area contributed by atoms with Gasteiger partial charge in [0.1, 0.15) is 0 Å². The van der Waals surface area contributed by atoms with Gasteiger partial charge in [0.25, 0.3) is 5.91 Å². The van der Waals surface area contributed by atoms with E-state index in [-0.39, 0.29) is 36.8 Å². The SMILES string of the molecule is CC1CCCN(C(=O)c2ccncc2Cl)C1CN.Cl.Cl. The van der Waals surface area contributed by atoms with E-state index in [9.17, 15) is 4.79 Å². The first-order chi connectivity index (χ1) is 8.65. The number of pyridine rings is 1. The highest BCUT2D eigenvalue weighted by molar-refractivity contribution is 6.33. The zero-order valence-electron chi connectivity index (χ0n) is 11.3. The van der Waals surface area contributed by atoms with E-state index in [0.717, 1.165) is 19.4 Å². The molecule has 2 heterocycles. The Hall–Kier alpha value is -0.550. The molecular formula is C13H20Cl3N3O. The van der Waals surface area contributed by atoms with Crippen molar-refractivity contribution in [3.63, 3.8) is 0 Å². The van der Waals surface area contributed by atoms with Crippen LogP contribution in [0.4, 0.5) is 0 Å². The fraction of sp³-hybridized carbons (Fsp3) is 0.538. The molecule has 1 aromatic rings. The van der Waals surface area contributed by atoms with Gasteiger partial charge in [0.15, 0.2) is 0 Å². The van der Waals surface area contributed by atoms with Crippen LogP contribution < -0.4 is 5.73 Å². The van der Waals surface area contributed by atoms with Crippen LogP contribution in [0.5, 0.6) is 0 Å². The van der Waals surface area contributed by atoms with Gasteiger partial charge < -0.3 is 10.6 Å². The van der Waals surface area contributed by atoms with Crippen molar-refractivity contribution >= 4 is 42.3 Å². The maximum atomic E-state index is 12.5. The van der Waals surface area contributed by atoms with E-state index in [0.29, 0.717) is 23.0 Å². The molecule has 20 heavy (non-hydrogen) atoms. The molecule has 0 radical (unpaired) electrons.